The molecule has 31 heavy (non-hydrogen) atoms. The van der Waals surface area contributed by atoms with Crippen LogP contribution < -0.4 is 10.6 Å². The lowest BCUT2D eigenvalue weighted by atomic mass is 9.67. The molecule has 0 spiro atoms. The zero-order valence-corrected chi connectivity index (χ0v) is 20.6. The molecule has 3 heteroatoms. The predicted molar refractivity (Wildman–Crippen MR) is 135 cm³/mol. The number of rotatable bonds is 5. The summed E-state index contributed by atoms with van der Waals surface area (Å²) in [6.07, 6.45) is 28.2. The van der Waals surface area contributed by atoms with Gasteiger partial charge < -0.3 is 10.6 Å². The highest BCUT2D eigenvalue weighted by atomic mass is 15.0. The van der Waals surface area contributed by atoms with Gasteiger partial charge in [0.05, 0.1) is 0 Å². The molecule has 0 saturated heterocycles. The van der Waals surface area contributed by atoms with Gasteiger partial charge in [-0.2, -0.15) is 0 Å². The van der Waals surface area contributed by atoms with Gasteiger partial charge in [-0.05, 0) is 101 Å². The molecule has 5 atom stereocenters. The van der Waals surface area contributed by atoms with Crippen molar-refractivity contribution < 1.29 is 0 Å². The lowest BCUT2D eigenvalue weighted by Crippen LogP contribution is -2.49. The summed E-state index contributed by atoms with van der Waals surface area (Å²) >= 11 is 0. The second-order valence-corrected chi connectivity index (χ2v) is 12.8. The number of nitrogens with one attached hydrogen (secondary N) is 2. The predicted octanol–water partition coefficient (Wildman–Crippen LogP) is 6.01. The van der Waals surface area contributed by atoms with Crippen molar-refractivity contribution >= 4 is 7.85 Å². The minimum atomic E-state index is 0.829. The third-order valence-corrected chi connectivity index (χ3v) is 10.6. The Hall–Kier alpha value is -0.0151. The summed E-state index contributed by atoms with van der Waals surface area (Å²) in [5.41, 5.74) is 0. The summed E-state index contributed by atoms with van der Waals surface area (Å²) in [6, 6.07) is 3.37. The quantitative estimate of drug-likeness (QED) is 0.527. The molecule has 0 heterocycles. The van der Waals surface area contributed by atoms with Crippen LogP contribution in [-0.2, 0) is 0 Å². The summed E-state index contributed by atoms with van der Waals surface area (Å²) in [5, 5.41) is 8.30. The Bertz CT molecular complexity index is 535. The van der Waals surface area contributed by atoms with Gasteiger partial charge in [0.25, 0.3) is 0 Å². The third-order valence-electron chi connectivity index (χ3n) is 10.6. The highest BCUT2D eigenvalue weighted by Crippen LogP contribution is 2.42. The van der Waals surface area contributed by atoms with Crippen LogP contribution in [0.15, 0.2) is 0 Å². The summed E-state index contributed by atoms with van der Waals surface area (Å²) in [5.74, 6) is 5.13. The van der Waals surface area contributed by atoms with Gasteiger partial charge in [-0.15, -0.1) is 0 Å². The van der Waals surface area contributed by atoms with Crippen LogP contribution >= 0.6 is 0 Å². The van der Waals surface area contributed by atoms with Crippen LogP contribution in [0.3, 0.4) is 0 Å². The van der Waals surface area contributed by atoms with Crippen LogP contribution in [0.2, 0.25) is 5.82 Å². The summed E-state index contributed by atoms with van der Waals surface area (Å²) in [7, 11) is 2.46. The van der Waals surface area contributed by atoms with E-state index in [2.05, 4.69) is 18.5 Å². The Balaban J connectivity index is 1.02. The van der Waals surface area contributed by atoms with E-state index >= 15 is 0 Å². The molecule has 0 aromatic rings. The van der Waals surface area contributed by atoms with E-state index in [1.54, 1.807) is 0 Å². The fourth-order valence-corrected chi connectivity index (χ4v) is 8.88. The lowest BCUT2D eigenvalue weighted by molar-refractivity contribution is 0.102. The van der Waals surface area contributed by atoms with Gasteiger partial charge in [0.1, 0.15) is 7.85 Å². The molecule has 5 aliphatic rings. The van der Waals surface area contributed by atoms with Crippen LogP contribution in [0.4, 0.5) is 0 Å². The van der Waals surface area contributed by atoms with Gasteiger partial charge in [-0.1, -0.05) is 50.8 Å². The second kappa shape index (κ2) is 10.9. The second-order valence-electron chi connectivity index (χ2n) is 12.8. The molecule has 5 unspecified atom stereocenters. The maximum absolute atomic E-state index is 4.23. The first-order chi connectivity index (χ1) is 15.2. The number of hydrogen-bond donors (Lipinski definition) is 2. The normalized spacial score (nSPS) is 46.9. The van der Waals surface area contributed by atoms with Crippen molar-refractivity contribution in [2.45, 2.75) is 152 Å². The molecule has 5 rings (SSSR count). The number of hydrogen-bond acceptors (Lipinski definition) is 2. The van der Waals surface area contributed by atoms with Crippen molar-refractivity contribution in [2.24, 2.45) is 23.7 Å². The van der Waals surface area contributed by atoms with Crippen molar-refractivity contribution in [2.75, 3.05) is 0 Å². The smallest absolute Gasteiger partial charge is 0.105 e. The summed E-state index contributed by atoms with van der Waals surface area (Å²) in [6.45, 7) is 0. The molecule has 176 valence electrons. The largest absolute Gasteiger partial charge is 0.311 e. The summed E-state index contributed by atoms with van der Waals surface area (Å²) in [4.78, 5) is 0. The maximum Gasteiger partial charge on any atom is 0.105 e. The van der Waals surface area contributed by atoms with Gasteiger partial charge in [-0.25, -0.2) is 0 Å². The molecule has 0 aromatic carbocycles. The SMILES string of the molecule is BC1CCCC(NC2CCC(C3CCC(NC4CCCC5CCCCC54)CC3)CC2)C1. The molecule has 0 amide bonds. The van der Waals surface area contributed by atoms with Crippen LogP contribution in [-0.4, -0.2) is 32.0 Å². The van der Waals surface area contributed by atoms with Crippen molar-refractivity contribution in [1.82, 2.24) is 10.6 Å². The van der Waals surface area contributed by atoms with E-state index in [1.807, 2.05) is 0 Å². The van der Waals surface area contributed by atoms with Crippen molar-refractivity contribution in [3.63, 3.8) is 0 Å². The maximum atomic E-state index is 4.23. The molecule has 5 saturated carbocycles. The highest BCUT2D eigenvalue weighted by molar-refractivity contribution is 6.11. The molecule has 0 aromatic heterocycles. The third kappa shape index (κ3) is 5.92. The van der Waals surface area contributed by atoms with E-state index in [9.17, 15) is 0 Å². The molecule has 5 fully saturated rings. The highest BCUT2D eigenvalue weighted by Gasteiger charge is 2.37. The first-order valence-corrected chi connectivity index (χ1v) is 14.8. The van der Waals surface area contributed by atoms with Crippen LogP contribution in [0.25, 0.3) is 0 Å². The van der Waals surface area contributed by atoms with Crippen LogP contribution in [0.5, 0.6) is 0 Å². The zero-order valence-electron chi connectivity index (χ0n) is 20.6. The monoisotopic (exact) mass is 426 g/mol. The Kier molecular flexibility index (Phi) is 8.03. The lowest BCUT2D eigenvalue weighted by Gasteiger charge is -2.45. The number of fused-ring (bicyclic) bond motifs is 1. The van der Waals surface area contributed by atoms with E-state index in [0.29, 0.717) is 0 Å². The van der Waals surface area contributed by atoms with E-state index < -0.39 is 0 Å². The fourth-order valence-electron chi connectivity index (χ4n) is 8.88. The molecule has 0 radical (unpaired) electrons. The summed E-state index contributed by atoms with van der Waals surface area (Å²) < 4.78 is 0. The van der Waals surface area contributed by atoms with Gasteiger partial charge >= 0.3 is 0 Å². The van der Waals surface area contributed by atoms with Gasteiger partial charge in [0.2, 0.25) is 0 Å². The molecule has 5 aliphatic carbocycles. The van der Waals surface area contributed by atoms with Crippen LogP contribution in [0.1, 0.15) is 122 Å². The Morgan fingerprint density at radius 2 is 1.06 bits per heavy atom. The van der Waals surface area contributed by atoms with Gasteiger partial charge in [0, 0.05) is 24.2 Å². The molecule has 0 bridgehead atoms. The zero-order chi connectivity index (χ0) is 21.0. The van der Waals surface area contributed by atoms with E-state index in [1.165, 1.54) is 122 Å². The Labute approximate surface area is 194 Å². The molecule has 0 aliphatic heterocycles. The molecule has 2 N–H and O–H groups in total. The van der Waals surface area contributed by atoms with Crippen molar-refractivity contribution in [3.05, 3.63) is 0 Å². The van der Waals surface area contributed by atoms with Gasteiger partial charge in [-0.3, -0.25) is 0 Å². The molecular weight excluding hydrogens is 375 g/mol. The van der Waals surface area contributed by atoms with Crippen molar-refractivity contribution in [3.8, 4) is 0 Å². The van der Waals surface area contributed by atoms with Gasteiger partial charge in [0.15, 0.2) is 0 Å². The van der Waals surface area contributed by atoms with E-state index in [0.717, 1.165) is 53.7 Å². The molecule has 2 nitrogen and oxygen atoms in total. The Morgan fingerprint density at radius 1 is 0.452 bits per heavy atom. The standard InChI is InChI=1S/C28H51BN2/c29-23-7-4-8-26(19-23)30-24-15-11-20(12-16-24)21-13-17-25(18-14-21)31-28-10-3-6-22-5-1-2-9-27(22)28/h20-28,30-31H,1-19,29H2. The van der Waals surface area contributed by atoms with E-state index in [-0.39, 0.29) is 0 Å². The molecular formula is C28H51BN2. The minimum Gasteiger partial charge on any atom is -0.311 e. The fraction of sp³-hybridized carbons (Fsp3) is 1.00. The van der Waals surface area contributed by atoms with Crippen molar-refractivity contribution in [1.29, 1.82) is 0 Å². The average molecular weight is 427 g/mol. The minimum absolute atomic E-state index is 0.829. The van der Waals surface area contributed by atoms with Crippen LogP contribution in [0, 0.1) is 23.7 Å². The Morgan fingerprint density at radius 3 is 1.77 bits per heavy atom. The topological polar surface area (TPSA) is 24.1 Å². The van der Waals surface area contributed by atoms with E-state index in [4.69, 9.17) is 0 Å². The first-order valence-electron chi connectivity index (χ1n) is 14.8. The average Bonchev–Trinajstić information content (AvgIpc) is 2.81. The first kappa shape index (κ1) is 22.8.